The maximum absolute atomic E-state index is 13.8. The molecule has 2 nitrogen and oxygen atoms in total. The van der Waals surface area contributed by atoms with Crippen molar-refractivity contribution in [3.8, 4) is 5.75 Å². The lowest BCUT2D eigenvalue weighted by Gasteiger charge is -2.11. The summed E-state index contributed by atoms with van der Waals surface area (Å²) in [4.78, 5) is 0. The number of nitrogens with one attached hydrogen (secondary N) is 1. The molecular weight excluding hydrogens is 303 g/mol. The molecule has 2 rings (SSSR count). The van der Waals surface area contributed by atoms with Crippen LogP contribution in [-0.2, 0) is 13.2 Å². The lowest BCUT2D eigenvalue weighted by atomic mass is 10.2. The Hall–Kier alpha value is -1.72. The Labute approximate surface area is 125 Å². The fourth-order valence-corrected chi connectivity index (χ4v) is 2.05. The molecule has 0 atom stereocenters. The van der Waals surface area contributed by atoms with Crippen molar-refractivity contribution in [1.29, 1.82) is 0 Å². The van der Waals surface area contributed by atoms with Gasteiger partial charge in [-0.3, -0.25) is 0 Å². The Morgan fingerprint density at radius 3 is 2.33 bits per heavy atom. The maximum Gasteiger partial charge on any atom is 0.191 e. The summed E-state index contributed by atoms with van der Waals surface area (Å²) in [6.45, 7) is 0.0165. The van der Waals surface area contributed by atoms with Crippen molar-refractivity contribution in [2.45, 2.75) is 13.2 Å². The second-order valence-electron chi connectivity index (χ2n) is 4.44. The quantitative estimate of drug-likeness (QED) is 0.898. The van der Waals surface area contributed by atoms with Gasteiger partial charge in [-0.25, -0.2) is 13.2 Å². The van der Waals surface area contributed by atoms with Crippen molar-refractivity contribution in [3.63, 3.8) is 0 Å². The zero-order valence-electron chi connectivity index (χ0n) is 11.2. The van der Waals surface area contributed by atoms with Crippen LogP contribution in [-0.4, -0.2) is 7.05 Å². The molecule has 0 aliphatic heterocycles. The van der Waals surface area contributed by atoms with E-state index in [0.717, 1.165) is 0 Å². The minimum atomic E-state index is -0.831. The van der Waals surface area contributed by atoms with Crippen LogP contribution < -0.4 is 10.1 Å². The Morgan fingerprint density at radius 2 is 1.71 bits per heavy atom. The maximum atomic E-state index is 13.8. The van der Waals surface area contributed by atoms with Gasteiger partial charge in [0.25, 0.3) is 0 Å². The van der Waals surface area contributed by atoms with Crippen LogP contribution in [0.2, 0.25) is 5.02 Å². The molecule has 0 saturated carbocycles. The molecule has 1 N–H and O–H groups in total. The lowest BCUT2D eigenvalue weighted by molar-refractivity contribution is 0.269. The molecule has 112 valence electrons. The Bertz CT molecular complexity index is 626. The molecule has 0 aliphatic carbocycles. The standard InChI is InChI=1S/C15H13ClF3NO/c1-20-7-9-4-13(18)15(14(19)5-9)21-8-10-6-11(16)2-3-12(10)17/h2-6,20H,7-8H2,1H3. The van der Waals surface area contributed by atoms with Crippen LogP contribution in [0.1, 0.15) is 11.1 Å². The van der Waals surface area contributed by atoms with Gasteiger partial charge in [0.15, 0.2) is 17.4 Å². The summed E-state index contributed by atoms with van der Waals surface area (Å²) >= 11 is 5.74. The minimum absolute atomic E-state index is 0.126. The van der Waals surface area contributed by atoms with E-state index in [4.69, 9.17) is 16.3 Å². The zero-order chi connectivity index (χ0) is 15.4. The van der Waals surface area contributed by atoms with Gasteiger partial charge in [0.05, 0.1) is 0 Å². The molecule has 0 aromatic heterocycles. The van der Waals surface area contributed by atoms with E-state index < -0.39 is 23.2 Å². The summed E-state index contributed by atoms with van der Waals surface area (Å²) in [6, 6.07) is 6.24. The molecule has 2 aromatic rings. The Balaban J connectivity index is 2.18. The van der Waals surface area contributed by atoms with E-state index in [-0.39, 0.29) is 12.2 Å². The van der Waals surface area contributed by atoms with Crippen molar-refractivity contribution in [1.82, 2.24) is 5.32 Å². The summed E-state index contributed by atoms with van der Waals surface area (Å²) in [5, 5.41) is 3.11. The molecule has 2 aromatic carbocycles. The molecule has 0 amide bonds. The van der Waals surface area contributed by atoms with Crippen LogP contribution in [0, 0.1) is 17.5 Å². The normalized spacial score (nSPS) is 10.7. The fraction of sp³-hybridized carbons (Fsp3) is 0.200. The van der Waals surface area contributed by atoms with E-state index in [1.807, 2.05) is 0 Å². The smallest absolute Gasteiger partial charge is 0.191 e. The number of ether oxygens (including phenoxy) is 1. The third kappa shape index (κ3) is 3.89. The van der Waals surface area contributed by atoms with Gasteiger partial charge in [-0.15, -0.1) is 0 Å². The van der Waals surface area contributed by atoms with Crippen molar-refractivity contribution >= 4 is 11.6 Å². The lowest BCUT2D eigenvalue weighted by Crippen LogP contribution is -2.07. The van der Waals surface area contributed by atoms with Crippen LogP contribution in [0.3, 0.4) is 0 Å². The van der Waals surface area contributed by atoms with E-state index in [0.29, 0.717) is 17.1 Å². The van der Waals surface area contributed by atoms with E-state index in [1.165, 1.54) is 30.3 Å². The van der Waals surface area contributed by atoms with Crippen LogP contribution in [0.25, 0.3) is 0 Å². The topological polar surface area (TPSA) is 21.3 Å². The van der Waals surface area contributed by atoms with Crippen molar-refractivity contribution in [2.75, 3.05) is 7.05 Å². The van der Waals surface area contributed by atoms with Crippen molar-refractivity contribution in [3.05, 3.63) is 63.9 Å². The number of hydrogen-bond donors (Lipinski definition) is 1. The fourth-order valence-electron chi connectivity index (χ4n) is 1.86. The number of halogens is 4. The van der Waals surface area contributed by atoms with Gasteiger partial charge >= 0.3 is 0 Å². The molecular formula is C15H13ClF3NO. The average molecular weight is 316 g/mol. The van der Waals surface area contributed by atoms with Crippen LogP contribution in [0.15, 0.2) is 30.3 Å². The highest BCUT2D eigenvalue weighted by Gasteiger charge is 2.14. The van der Waals surface area contributed by atoms with E-state index in [1.54, 1.807) is 7.05 Å². The van der Waals surface area contributed by atoms with Gasteiger partial charge in [-0.2, -0.15) is 0 Å². The molecule has 0 aliphatic rings. The van der Waals surface area contributed by atoms with Gasteiger partial charge in [-0.05, 0) is 42.9 Å². The second kappa shape index (κ2) is 6.83. The third-order valence-electron chi connectivity index (χ3n) is 2.82. The molecule has 0 unspecified atom stereocenters. The molecule has 0 saturated heterocycles. The second-order valence-corrected chi connectivity index (χ2v) is 4.88. The van der Waals surface area contributed by atoms with Gasteiger partial charge < -0.3 is 10.1 Å². The summed E-state index contributed by atoms with van der Waals surface area (Å²) in [6.07, 6.45) is 0. The highest BCUT2D eigenvalue weighted by atomic mass is 35.5. The summed E-state index contributed by atoms with van der Waals surface area (Å²) < 4.78 is 46.2. The first-order valence-corrected chi connectivity index (χ1v) is 6.58. The molecule has 0 heterocycles. The van der Waals surface area contributed by atoms with E-state index in [2.05, 4.69) is 5.32 Å². The monoisotopic (exact) mass is 315 g/mol. The van der Waals surface area contributed by atoms with Crippen LogP contribution in [0.5, 0.6) is 5.75 Å². The van der Waals surface area contributed by atoms with Gasteiger partial charge in [-0.1, -0.05) is 11.6 Å². The average Bonchev–Trinajstić information content (AvgIpc) is 2.42. The number of rotatable bonds is 5. The first kappa shape index (κ1) is 15.7. The predicted octanol–water partition coefficient (Wildman–Crippen LogP) is 4.06. The third-order valence-corrected chi connectivity index (χ3v) is 3.05. The highest BCUT2D eigenvalue weighted by molar-refractivity contribution is 6.30. The van der Waals surface area contributed by atoms with E-state index >= 15 is 0 Å². The summed E-state index contributed by atoms with van der Waals surface area (Å²) in [7, 11) is 1.67. The summed E-state index contributed by atoms with van der Waals surface area (Å²) in [5.41, 5.74) is 0.578. The van der Waals surface area contributed by atoms with E-state index in [9.17, 15) is 13.2 Å². The number of benzene rings is 2. The minimum Gasteiger partial charge on any atom is -0.483 e. The van der Waals surface area contributed by atoms with Crippen LogP contribution in [0.4, 0.5) is 13.2 Å². The van der Waals surface area contributed by atoms with Gasteiger partial charge in [0, 0.05) is 17.1 Å². The van der Waals surface area contributed by atoms with Crippen molar-refractivity contribution < 1.29 is 17.9 Å². The SMILES string of the molecule is CNCc1cc(F)c(OCc2cc(Cl)ccc2F)c(F)c1. The van der Waals surface area contributed by atoms with Crippen molar-refractivity contribution in [2.24, 2.45) is 0 Å². The molecule has 0 bridgehead atoms. The molecule has 21 heavy (non-hydrogen) atoms. The molecule has 0 fully saturated rings. The first-order valence-electron chi connectivity index (χ1n) is 6.20. The predicted molar refractivity (Wildman–Crippen MR) is 74.9 cm³/mol. The Kier molecular flexibility index (Phi) is 5.09. The molecule has 0 radical (unpaired) electrons. The zero-order valence-corrected chi connectivity index (χ0v) is 12.0. The van der Waals surface area contributed by atoms with Gasteiger partial charge in [0.1, 0.15) is 12.4 Å². The Morgan fingerprint density at radius 1 is 1.05 bits per heavy atom. The molecule has 0 spiro atoms. The van der Waals surface area contributed by atoms with Gasteiger partial charge in [0.2, 0.25) is 0 Å². The largest absolute Gasteiger partial charge is 0.483 e. The van der Waals surface area contributed by atoms with Crippen LogP contribution >= 0.6 is 11.6 Å². The highest BCUT2D eigenvalue weighted by Crippen LogP contribution is 2.25. The summed E-state index contributed by atoms with van der Waals surface area (Å²) in [5.74, 6) is -2.74. The number of hydrogen-bond acceptors (Lipinski definition) is 2. The molecule has 6 heteroatoms. The first-order chi connectivity index (χ1) is 10.0.